The third kappa shape index (κ3) is 1.59. The molecule has 6 nitrogen and oxygen atoms in total. The van der Waals surface area contributed by atoms with Crippen LogP contribution in [0.2, 0.25) is 0 Å². The molecule has 0 aromatic rings. The van der Waals surface area contributed by atoms with Gasteiger partial charge in [-0.25, -0.2) is 0 Å². The van der Waals surface area contributed by atoms with Crippen LogP contribution in [0.15, 0.2) is 0 Å². The fourth-order valence-corrected chi connectivity index (χ4v) is 1.69. The lowest BCUT2D eigenvalue weighted by Crippen LogP contribution is -2.68. The average molecular weight is 212 g/mol. The molecule has 1 fully saturated rings. The monoisotopic (exact) mass is 212 g/mol. The standard InChI is InChI=1S/C6H13O6P/c7-1-2(8)4(10)6(12,13)5(11)3(1)9/h1-5,7-12H,13H2/t1-,2-,3+,4-,5-,6-/m1/s1. The van der Waals surface area contributed by atoms with Crippen molar-refractivity contribution in [2.45, 2.75) is 35.9 Å². The van der Waals surface area contributed by atoms with Gasteiger partial charge in [0, 0.05) is 0 Å². The van der Waals surface area contributed by atoms with E-state index in [0.717, 1.165) is 0 Å². The van der Waals surface area contributed by atoms with Gasteiger partial charge in [0.15, 0.2) is 0 Å². The van der Waals surface area contributed by atoms with E-state index in [4.69, 9.17) is 15.3 Å². The van der Waals surface area contributed by atoms with Crippen LogP contribution >= 0.6 is 9.24 Å². The van der Waals surface area contributed by atoms with Crippen molar-refractivity contribution in [3.8, 4) is 0 Å². The first-order valence-electron chi connectivity index (χ1n) is 3.71. The van der Waals surface area contributed by atoms with Crippen molar-refractivity contribution < 1.29 is 30.6 Å². The number of aliphatic hydroxyl groups excluding tert-OH is 5. The van der Waals surface area contributed by atoms with Gasteiger partial charge in [0.05, 0.1) is 0 Å². The van der Waals surface area contributed by atoms with Gasteiger partial charge in [0.2, 0.25) is 0 Å². The first-order valence-corrected chi connectivity index (χ1v) is 4.29. The summed E-state index contributed by atoms with van der Waals surface area (Å²) in [5.74, 6) is 0. The van der Waals surface area contributed by atoms with Crippen molar-refractivity contribution in [1.82, 2.24) is 0 Å². The zero-order valence-electron chi connectivity index (χ0n) is 6.65. The van der Waals surface area contributed by atoms with Gasteiger partial charge in [0.25, 0.3) is 0 Å². The lowest BCUT2D eigenvalue weighted by Gasteiger charge is -2.45. The minimum Gasteiger partial charge on any atom is -0.387 e. The highest BCUT2D eigenvalue weighted by Gasteiger charge is 2.54. The molecule has 0 radical (unpaired) electrons. The molecule has 0 spiro atoms. The van der Waals surface area contributed by atoms with Crippen LogP contribution in [0.25, 0.3) is 0 Å². The molecule has 0 aliphatic heterocycles. The summed E-state index contributed by atoms with van der Waals surface area (Å²) in [5.41, 5.74) is 0. The summed E-state index contributed by atoms with van der Waals surface area (Å²) in [6.07, 6.45) is -8.52. The van der Waals surface area contributed by atoms with E-state index in [0.29, 0.717) is 0 Å². The van der Waals surface area contributed by atoms with Gasteiger partial charge in [0.1, 0.15) is 35.9 Å². The second-order valence-electron chi connectivity index (χ2n) is 3.25. The highest BCUT2D eigenvalue weighted by atomic mass is 31.0. The smallest absolute Gasteiger partial charge is 0.134 e. The van der Waals surface area contributed by atoms with Crippen LogP contribution in [0.4, 0.5) is 0 Å². The normalized spacial score (nSPS) is 57.9. The Kier molecular flexibility index (Phi) is 2.95. The number of hydrogen-bond acceptors (Lipinski definition) is 6. The Hall–Kier alpha value is 0.190. The van der Waals surface area contributed by atoms with Crippen molar-refractivity contribution in [2.75, 3.05) is 0 Å². The van der Waals surface area contributed by atoms with E-state index in [9.17, 15) is 15.3 Å². The molecule has 1 aliphatic carbocycles. The predicted molar refractivity (Wildman–Crippen MR) is 44.7 cm³/mol. The molecular formula is C6H13O6P. The summed E-state index contributed by atoms with van der Waals surface area (Å²) in [4.78, 5) is 0. The maximum atomic E-state index is 9.40. The largest absolute Gasteiger partial charge is 0.387 e. The van der Waals surface area contributed by atoms with Gasteiger partial charge >= 0.3 is 0 Å². The van der Waals surface area contributed by atoms with Crippen LogP contribution in [-0.2, 0) is 0 Å². The Morgan fingerprint density at radius 3 is 1.38 bits per heavy atom. The van der Waals surface area contributed by atoms with E-state index >= 15 is 0 Å². The summed E-state index contributed by atoms with van der Waals surface area (Å²) < 4.78 is 0. The molecule has 1 saturated carbocycles. The fraction of sp³-hybridized carbons (Fsp3) is 1.00. The molecule has 6 N–H and O–H groups in total. The van der Waals surface area contributed by atoms with Crippen molar-refractivity contribution in [2.24, 2.45) is 0 Å². The zero-order chi connectivity index (χ0) is 10.4. The number of hydrogen-bond donors (Lipinski definition) is 6. The first kappa shape index (κ1) is 11.3. The molecule has 7 atom stereocenters. The van der Waals surface area contributed by atoms with Crippen LogP contribution in [0.5, 0.6) is 0 Å². The highest BCUT2D eigenvalue weighted by Crippen LogP contribution is 2.34. The van der Waals surface area contributed by atoms with Crippen molar-refractivity contribution in [1.29, 1.82) is 0 Å². The average Bonchev–Trinajstić information content (AvgIpc) is 2.09. The Labute approximate surface area is 76.7 Å². The molecule has 0 bridgehead atoms. The molecule has 0 aromatic heterocycles. The van der Waals surface area contributed by atoms with Crippen LogP contribution in [0.1, 0.15) is 0 Å². The molecule has 0 amide bonds. The molecule has 1 rings (SSSR count). The van der Waals surface area contributed by atoms with Crippen LogP contribution < -0.4 is 0 Å². The Morgan fingerprint density at radius 2 is 1.08 bits per heavy atom. The maximum Gasteiger partial charge on any atom is 0.134 e. The van der Waals surface area contributed by atoms with Gasteiger partial charge in [-0.1, -0.05) is 9.24 Å². The lowest BCUT2D eigenvalue weighted by molar-refractivity contribution is -0.236. The van der Waals surface area contributed by atoms with Gasteiger partial charge < -0.3 is 30.6 Å². The molecule has 0 heterocycles. The topological polar surface area (TPSA) is 121 Å². The Bertz CT molecular complexity index is 180. The van der Waals surface area contributed by atoms with E-state index in [1.165, 1.54) is 0 Å². The Balaban J connectivity index is 2.93. The molecule has 13 heavy (non-hydrogen) atoms. The van der Waals surface area contributed by atoms with Crippen LogP contribution in [0, 0.1) is 0 Å². The summed E-state index contributed by atoms with van der Waals surface area (Å²) >= 11 is 0. The predicted octanol–water partition coefficient (Wildman–Crippen LogP) is -3.63. The van der Waals surface area contributed by atoms with E-state index < -0.39 is 35.9 Å². The summed E-state index contributed by atoms with van der Waals surface area (Å²) in [5, 5.41) is 53.0. The van der Waals surface area contributed by atoms with Gasteiger partial charge in [-0.2, -0.15) is 0 Å². The minimum atomic E-state index is -2.11. The van der Waals surface area contributed by atoms with Crippen LogP contribution in [0.3, 0.4) is 0 Å². The molecule has 1 aliphatic rings. The highest BCUT2D eigenvalue weighted by molar-refractivity contribution is 7.18. The van der Waals surface area contributed by atoms with Crippen molar-refractivity contribution >= 4 is 9.24 Å². The molecule has 1 unspecified atom stereocenters. The minimum absolute atomic E-state index is 1.68. The number of aliphatic hydroxyl groups is 6. The maximum absolute atomic E-state index is 9.40. The van der Waals surface area contributed by atoms with Gasteiger partial charge in [-0.3, -0.25) is 0 Å². The molecule has 0 aromatic carbocycles. The number of rotatable bonds is 0. The van der Waals surface area contributed by atoms with E-state index in [-0.39, 0.29) is 0 Å². The second kappa shape index (κ2) is 3.40. The van der Waals surface area contributed by atoms with E-state index in [1.54, 1.807) is 9.24 Å². The van der Waals surface area contributed by atoms with E-state index in [1.807, 2.05) is 0 Å². The van der Waals surface area contributed by atoms with Gasteiger partial charge in [-0.15, -0.1) is 0 Å². The molecule has 7 heteroatoms. The molecule has 0 saturated heterocycles. The third-order valence-electron chi connectivity index (χ3n) is 2.29. The van der Waals surface area contributed by atoms with Crippen LogP contribution in [-0.4, -0.2) is 66.5 Å². The fourth-order valence-electron chi connectivity index (χ4n) is 1.30. The van der Waals surface area contributed by atoms with E-state index in [2.05, 4.69) is 0 Å². The SMILES string of the molecule is O[C@@H]1[C@@H](O)[C@@H](O)[C@@](O)(P)[C@H](O)[C@H]1O. The lowest BCUT2D eigenvalue weighted by atomic mass is 9.84. The van der Waals surface area contributed by atoms with Crippen molar-refractivity contribution in [3.05, 3.63) is 0 Å². The first-order chi connectivity index (χ1) is 5.80. The zero-order valence-corrected chi connectivity index (χ0v) is 7.80. The van der Waals surface area contributed by atoms with Crippen molar-refractivity contribution in [3.63, 3.8) is 0 Å². The molecule has 78 valence electrons. The quantitative estimate of drug-likeness (QED) is 0.230. The molecular weight excluding hydrogens is 199 g/mol. The summed E-state index contributed by atoms with van der Waals surface area (Å²) in [6.45, 7) is 0. The Morgan fingerprint density at radius 1 is 0.769 bits per heavy atom. The summed E-state index contributed by atoms with van der Waals surface area (Å²) in [7, 11) is 1.73. The second-order valence-corrected chi connectivity index (χ2v) is 4.17. The third-order valence-corrected chi connectivity index (χ3v) is 2.98. The van der Waals surface area contributed by atoms with Gasteiger partial charge in [-0.05, 0) is 0 Å². The summed E-state index contributed by atoms with van der Waals surface area (Å²) in [6, 6.07) is 0.